The Kier molecular flexibility index (Phi) is 8.84. The van der Waals surface area contributed by atoms with E-state index in [0.29, 0.717) is 45.6 Å². The molecule has 0 saturated carbocycles. The Morgan fingerprint density at radius 1 is 0.618 bits per heavy atom. The van der Waals surface area contributed by atoms with Crippen LogP contribution in [0.5, 0.6) is 34.5 Å². The van der Waals surface area contributed by atoms with E-state index in [-0.39, 0.29) is 13.2 Å². The molecule has 8 nitrogen and oxygen atoms in total. The Hall–Kier alpha value is -3.62. The van der Waals surface area contributed by atoms with Gasteiger partial charge in [0.2, 0.25) is 0 Å². The van der Waals surface area contributed by atoms with E-state index in [9.17, 15) is 10.2 Å². The maximum Gasteiger partial charge on any atom is 0.163 e. The number of methoxy groups -OCH3 is 4. The molecule has 0 unspecified atom stereocenters. The smallest absolute Gasteiger partial charge is 0.163 e. The molecule has 0 bridgehead atoms. The molecule has 3 rings (SSSR count). The van der Waals surface area contributed by atoms with Crippen molar-refractivity contribution < 1.29 is 38.6 Å². The number of ether oxygens (including phenoxy) is 6. The van der Waals surface area contributed by atoms with Crippen molar-refractivity contribution in [1.82, 2.24) is 0 Å². The minimum absolute atomic E-state index is 0.133. The number of benzene rings is 3. The van der Waals surface area contributed by atoms with Gasteiger partial charge in [0.15, 0.2) is 46.7 Å². The van der Waals surface area contributed by atoms with Crippen LogP contribution >= 0.6 is 0 Å². The fraction of sp³-hybridized carbons (Fsp3) is 0.308. The topological polar surface area (TPSA) is 95.8 Å². The average Bonchev–Trinajstić information content (AvgIpc) is 2.90. The molecule has 0 amide bonds. The highest BCUT2D eigenvalue weighted by atomic mass is 16.6. The van der Waals surface area contributed by atoms with Crippen molar-refractivity contribution >= 4 is 0 Å². The molecule has 0 radical (unpaired) electrons. The average molecular weight is 471 g/mol. The van der Waals surface area contributed by atoms with Crippen molar-refractivity contribution in [3.05, 3.63) is 71.8 Å². The van der Waals surface area contributed by atoms with Gasteiger partial charge < -0.3 is 38.6 Å². The first kappa shape index (κ1) is 25.0. The number of hydrogen-bond donors (Lipinski definition) is 2. The van der Waals surface area contributed by atoms with Crippen molar-refractivity contribution in [2.45, 2.75) is 18.8 Å². The van der Waals surface area contributed by atoms with Crippen molar-refractivity contribution in [3.8, 4) is 34.5 Å². The fourth-order valence-corrected chi connectivity index (χ4v) is 3.51. The van der Waals surface area contributed by atoms with E-state index in [2.05, 4.69) is 0 Å². The van der Waals surface area contributed by atoms with E-state index in [1.165, 1.54) is 7.11 Å². The van der Waals surface area contributed by atoms with Gasteiger partial charge in [-0.05, 0) is 42.0 Å². The highest BCUT2D eigenvalue weighted by Crippen LogP contribution is 2.38. The molecule has 182 valence electrons. The number of rotatable bonds is 12. The fourth-order valence-electron chi connectivity index (χ4n) is 3.51. The van der Waals surface area contributed by atoms with Crippen molar-refractivity contribution in [2.24, 2.45) is 0 Å². The maximum atomic E-state index is 10.3. The molecule has 8 heteroatoms. The van der Waals surface area contributed by atoms with Gasteiger partial charge in [0.1, 0.15) is 0 Å². The molecule has 0 spiro atoms. The lowest BCUT2D eigenvalue weighted by Gasteiger charge is -2.29. The summed E-state index contributed by atoms with van der Waals surface area (Å²) in [4.78, 5) is 0. The number of aliphatic hydroxyl groups excluding tert-OH is 2. The molecular weight excluding hydrogens is 440 g/mol. The first-order chi connectivity index (χ1) is 16.6. The number of aliphatic hydroxyl groups is 2. The van der Waals surface area contributed by atoms with E-state index < -0.39 is 12.2 Å². The Bertz CT molecular complexity index is 1070. The van der Waals surface area contributed by atoms with E-state index in [1.54, 1.807) is 63.8 Å². The summed E-state index contributed by atoms with van der Waals surface area (Å²) < 4.78 is 34.2. The molecule has 0 aliphatic rings. The third-order valence-corrected chi connectivity index (χ3v) is 5.27. The monoisotopic (exact) mass is 470 g/mol. The molecule has 2 atom stereocenters. The second-order valence-electron chi connectivity index (χ2n) is 7.29. The number of para-hydroxylation sites is 2. The van der Waals surface area contributed by atoms with Gasteiger partial charge in [-0.2, -0.15) is 0 Å². The van der Waals surface area contributed by atoms with Gasteiger partial charge in [0.05, 0.1) is 41.7 Å². The van der Waals surface area contributed by atoms with Crippen LogP contribution in [0.4, 0.5) is 0 Å². The summed E-state index contributed by atoms with van der Waals surface area (Å²) in [5.41, 5.74) is 1.36. The Labute approximate surface area is 199 Å². The van der Waals surface area contributed by atoms with Crippen LogP contribution in [0.25, 0.3) is 0 Å². The number of hydrogen-bond acceptors (Lipinski definition) is 8. The first-order valence-corrected chi connectivity index (χ1v) is 10.6. The molecule has 0 aliphatic carbocycles. The molecule has 34 heavy (non-hydrogen) atoms. The highest BCUT2D eigenvalue weighted by Gasteiger charge is 2.30. The molecular formula is C26H30O8. The van der Waals surface area contributed by atoms with Crippen LogP contribution in [-0.4, -0.2) is 51.4 Å². The van der Waals surface area contributed by atoms with E-state index in [0.717, 1.165) is 0 Å². The maximum absolute atomic E-state index is 10.3. The Morgan fingerprint density at radius 2 is 1.18 bits per heavy atom. The second-order valence-corrected chi connectivity index (χ2v) is 7.29. The zero-order valence-corrected chi connectivity index (χ0v) is 19.7. The molecule has 3 aromatic carbocycles. The minimum atomic E-state index is -0.823. The zero-order chi connectivity index (χ0) is 24.5. The van der Waals surface area contributed by atoms with Crippen LogP contribution in [0.3, 0.4) is 0 Å². The van der Waals surface area contributed by atoms with Crippen LogP contribution in [0.1, 0.15) is 17.2 Å². The predicted octanol–water partition coefficient (Wildman–Crippen LogP) is 3.77. The van der Waals surface area contributed by atoms with E-state index >= 15 is 0 Å². The second kappa shape index (κ2) is 12.0. The van der Waals surface area contributed by atoms with Crippen LogP contribution in [0.2, 0.25) is 0 Å². The van der Waals surface area contributed by atoms with Gasteiger partial charge in [-0.15, -0.1) is 0 Å². The summed E-state index contributed by atoms with van der Waals surface area (Å²) in [5, 5.41) is 19.8. The van der Waals surface area contributed by atoms with Crippen LogP contribution in [0.15, 0.2) is 60.7 Å². The normalized spacial score (nSPS) is 12.4. The lowest BCUT2D eigenvalue weighted by molar-refractivity contribution is 0.0121. The SMILES string of the molecule is COc1ccc([C@@H](Oc2ccc(CO)cc2OC)[C@H](CO)Oc2ccccc2OC)cc1OC. The molecule has 0 aromatic heterocycles. The minimum Gasteiger partial charge on any atom is -0.493 e. The first-order valence-electron chi connectivity index (χ1n) is 10.6. The van der Waals surface area contributed by atoms with Gasteiger partial charge in [-0.1, -0.05) is 24.3 Å². The summed E-state index contributed by atoms with van der Waals surface area (Å²) in [6.07, 6.45) is -1.60. The largest absolute Gasteiger partial charge is 0.493 e. The van der Waals surface area contributed by atoms with Crippen LogP contribution < -0.4 is 28.4 Å². The lowest BCUT2D eigenvalue weighted by Crippen LogP contribution is -2.33. The van der Waals surface area contributed by atoms with Gasteiger partial charge in [0.25, 0.3) is 0 Å². The standard InChI is InChI=1S/C26H30O8/c1-29-19-7-5-6-8-21(19)33-25(16-28)26(18-10-12-20(30-2)24(14-18)32-4)34-22-11-9-17(15-27)13-23(22)31-3/h5-14,25-28H,15-16H2,1-4H3/t25-,26+/m0/s1. The molecule has 0 aliphatic heterocycles. The summed E-state index contributed by atoms with van der Waals surface area (Å²) in [6.45, 7) is -0.486. The van der Waals surface area contributed by atoms with Crippen LogP contribution in [0, 0.1) is 0 Å². The summed E-state index contributed by atoms with van der Waals surface area (Å²) in [5.74, 6) is 2.90. The van der Waals surface area contributed by atoms with E-state index in [1.807, 2.05) is 18.2 Å². The van der Waals surface area contributed by atoms with Gasteiger partial charge in [0, 0.05) is 5.56 Å². The third kappa shape index (κ3) is 5.65. The third-order valence-electron chi connectivity index (χ3n) is 5.27. The summed E-state index contributed by atoms with van der Waals surface area (Å²) in [7, 11) is 6.17. The van der Waals surface area contributed by atoms with Crippen LogP contribution in [-0.2, 0) is 6.61 Å². The van der Waals surface area contributed by atoms with E-state index in [4.69, 9.17) is 28.4 Å². The molecule has 3 aromatic rings. The predicted molar refractivity (Wildman–Crippen MR) is 126 cm³/mol. The van der Waals surface area contributed by atoms with Gasteiger partial charge in [-0.3, -0.25) is 0 Å². The Morgan fingerprint density at radius 3 is 1.79 bits per heavy atom. The lowest BCUT2D eigenvalue weighted by atomic mass is 10.0. The van der Waals surface area contributed by atoms with Crippen molar-refractivity contribution in [2.75, 3.05) is 35.0 Å². The summed E-state index contributed by atoms with van der Waals surface area (Å²) in [6, 6.07) is 17.6. The zero-order valence-electron chi connectivity index (χ0n) is 19.7. The van der Waals surface area contributed by atoms with Gasteiger partial charge >= 0.3 is 0 Å². The quantitative estimate of drug-likeness (QED) is 0.413. The molecule has 0 heterocycles. The molecule has 2 N–H and O–H groups in total. The highest BCUT2D eigenvalue weighted by molar-refractivity contribution is 5.46. The Balaban J connectivity index is 2.05. The van der Waals surface area contributed by atoms with Gasteiger partial charge in [-0.25, -0.2) is 0 Å². The summed E-state index contributed by atoms with van der Waals surface area (Å²) >= 11 is 0. The molecule has 0 fully saturated rings. The van der Waals surface area contributed by atoms with Crippen molar-refractivity contribution in [1.29, 1.82) is 0 Å². The van der Waals surface area contributed by atoms with Crippen molar-refractivity contribution in [3.63, 3.8) is 0 Å². The molecule has 0 saturated heterocycles.